The second kappa shape index (κ2) is 7.83. The van der Waals surface area contributed by atoms with E-state index in [4.69, 9.17) is 0 Å². The molecule has 0 aliphatic carbocycles. The minimum Gasteiger partial charge on any atom is -0.469 e. The molecule has 0 aliphatic rings. The maximum Gasteiger partial charge on any atom is 0.305 e. The fraction of sp³-hybridized carbons (Fsp3) is 0.889. The number of hydrogen-bond acceptors (Lipinski definition) is 2. The van der Waals surface area contributed by atoms with Crippen LogP contribution in [0.5, 0.6) is 0 Å². The Labute approximate surface area is 88.2 Å². The fourth-order valence-corrected chi connectivity index (χ4v) is 1.60. The van der Waals surface area contributed by atoms with Gasteiger partial charge in [-0.25, -0.2) is 0 Å². The van der Waals surface area contributed by atoms with Gasteiger partial charge < -0.3 is 4.74 Å². The molecule has 12 heavy (non-hydrogen) atoms. The molecule has 0 saturated heterocycles. The Morgan fingerprint density at radius 1 is 1.50 bits per heavy atom. The number of carbonyl (C=O) groups is 1. The first kappa shape index (κ1) is 12.2. The van der Waals surface area contributed by atoms with Crippen molar-refractivity contribution in [1.29, 1.82) is 0 Å². The fourth-order valence-electron chi connectivity index (χ4n) is 1.06. The predicted molar refractivity (Wildman–Crippen MR) is 58.5 cm³/mol. The third kappa shape index (κ3) is 6.88. The molecule has 0 aromatic carbocycles. The van der Waals surface area contributed by atoms with Gasteiger partial charge in [-0.2, -0.15) is 0 Å². The standard InChI is InChI=1S/C9H17IO2/c1-8(5-3-4-6-10)7-9(11)12-2/h8H,3-7H2,1-2H3. The Morgan fingerprint density at radius 2 is 2.17 bits per heavy atom. The van der Waals surface area contributed by atoms with Gasteiger partial charge in [0, 0.05) is 6.42 Å². The van der Waals surface area contributed by atoms with Crippen LogP contribution in [0.1, 0.15) is 32.6 Å². The molecule has 0 amide bonds. The average molecular weight is 284 g/mol. The highest BCUT2D eigenvalue weighted by atomic mass is 127. The summed E-state index contributed by atoms with van der Waals surface area (Å²) in [5.41, 5.74) is 0. The molecule has 2 nitrogen and oxygen atoms in total. The van der Waals surface area contributed by atoms with E-state index in [2.05, 4.69) is 34.3 Å². The van der Waals surface area contributed by atoms with Crippen molar-refractivity contribution in [3.8, 4) is 0 Å². The number of rotatable bonds is 6. The van der Waals surface area contributed by atoms with Crippen molar-refractivity contribution in [2.45, 2.75) is 32.6 Å². The van der Waals surface area contributed by atoms with Gasteiger partial charge in [-0.1, -0.05) is 42.4 Å². The van der Waals surface area contributed by atoms with Crippen LogP contribution in [-0.4, -0.2) is 17.5 Å². The van der Waals surface area contributed by atoms with Crippen molar-refractivity contribution < 1.29 is 9.53 Å². The third-order valence-electron chi connectivity index (χ3n) is 1.82. The molecular formula is C9H17IO2. The highest BCUT2D eigenvalue weighted by Crippen LogP contribution is 2.12. The summed E-state index contributed by atoms with van der Waals surface area (Å²) in [7, 11) is 1.44. The van der Waals surface area contributed by atoms with Gasteiger partial charge in [0.2, 0.25) is 0 Å². The van der Waals surface area contributed by atoms with E-state index in [9.17, 15) is 4.79 Å². The number of hydrogen-bond donors (Lipinski definition) is 0. The molecule has 3 heteroatoms. The van der Waals surface area contributed by atoms with Crippen LogP contribution in [0.15, 0.2) is 0 Å². The molecule has 0 fully saturated rings. The van der Waals surface area contributed by atoms with Gasteiger partial charge in [0.05, 0.1) is 7.11 Å². The summed E-state index contributed by atoms with van der Waals surface area (Å²) in [6, 6.07) is 0. The quantitative estimate of drug-likeness (QED) is 0.324. The molecule has 72 valence electrons. The molecule has 0 radical (unpaired) electrons. The lowest BCUT2D eigenvalue weighted by Crippen LogP contribution is -2.07. The first-order chi connectivity index (χ1) is 5.70. The van der Waals surface area contributed by atoms with E-state index >= 15 is 0 Å². The summed E-state index contributed by atoms with van der Waals surface area (Å²) in [5, 5.41) is 0. The van der Waals surface area contributed by atoms with Crippen LogP contribution in [0.4, 0.5) is 0 Å². The van der Waals surface area contributed by atoms with Crippen molar-refractivity contribution in [3.05, 3.63) is 0 Å². The number of carbonyl (C=O) groups excluding carboxylic acids is 1. The molecule has 0 heterocycles. The lowest BCUT2D eigenvalue weighted by Gasteiger charge is -2.08. The Bertz CT molecular complexity index is 126. The Morgan fingerprint density at radius 3 is 2.67 bits per heavy atom. The molecule has 0 rings (SSSR count). The molecule has 0 bridgehead atoms. The summed E-state index contributed by atoms with van der Waals surface area (Å²) in [6.07, 6.45) is 4.18. The minimum absolute atomic E-state index is 0.0861. The maximum atomic E-state index is 10.8. The summed E-state index contributed by atoms with van der Waals surface area (Å²) in [4.78, 5) is 10.8. The van der Waals surface area contributed by atoms with E-state index in [-0.39, 0.29) is 5.97 Å². The van der Waals surface area contributed by atoms with Crippen LogP contribution in [-0.2, 0) is 9.53 Å². The second-order valence-corrected chi connectivity index (χ2v) is 4.15. The molecule has 0 N–H and O–H groups in total. The SMILES string of the molecule is COC(=O)CC(C)CCCCI. The predicted octanol–water partition coefficient (Wildman–Crippen LogP) is 2.79. The van der Waals surface area contributed by atoms with Crippen molar-refractivity contribution in [3.63, 3.8) is 0 Å². The van der Waals surface area contributed by atoms with Gasteiger partial charge in [0.15, 0.2) is 0 Å². The summed E-state index contributed by atoms with van der Waals surface area (Å²) < 4.78 is 5.80. The topological polar surface area (TPSA) is 26.3 Å². The summed E-state index contributed by atoms with van der Waals surface area (Å²) in [5.74, 6) is 0.386. The molecular weight excluding hydrogens is 267 g/mol. The van der Waals surface area contributed by atoms with Gasteiger partial charge in [-0.05, 0) is 16.8 Å². The number of esters is 1. The van der Waals surface area contributed by atoms with E-state index < -0.39 is 0 Å². The zero-order valence-corrected chi connectivity index (χ0v) is 9.96. The maximum absolute atomic E-state index is 10.8. The lowest BCUT2D eigenvalue weighted by molar-refractivity contribution is -0.141. The zero-order chi connectivity index (χ0) is 9.40. The van der Waals surface area contributed by atoms with Crippen molar-refractivity contribution >= 4 is 28.6 Å². The van der Waals surface area contributed by atoms with Crippen molar-refractivity contribution in [1.82, 2.24) is 0 Å². The van der Waals surface area contributed by atoms with Crippen LogP contribution >= 0.6 is 22.6 Å². The molecule has 0 aliphatic heterocycles. The normalized spacial score (nSPS) is 12.6. The Balaban J connectivity index is 3.32. The Hall–Kier alpha value is 0.200. The van der Waals surface area contributed by atoms with Gasteiger partial charge in [-0.15, -0.1) is 0 Å². The number of alkyl halides is 1. The first-order valence-electron chi connectivity index (χ1n) is 4.33. The van der Waals surface area contributed by atoms with E-state index in [0.717, 1.165) is 6.42 Å². The highest BCUT2D eigenvalue weighted by Gasteiger charge is 2.07. The molecule has 0 spiro atoms. The van der Waals surface area contributed by atoms with Gasteiger partial charge in [0.1, 0.15) is 0 Å². The van der Waals surface area contributed by atoms with Crippen LogP contribution in [0.25, 0.3) is 0 Å². The van der Waals surface area contributed by atoms with Crippen molar-refractivity contribution in [2.75, 3.05) is 11.5 Å². The molecule has 0 aromatic rings. The number of ether oxygens (including phenoxy) is 1. The minimum atomic E-state index is -0.0861. The van der Waals surface area contributed by atoms with Crippen LogP contribution in [0, 0.1) is 5.92 Å². The highest BCUT2D eigenvalue weighted by molar-refractivity contribution is 14.1. The van der Waals surface area contributed by atoms with Crippen LogP contribution in [0.2, 0.25) is 0 Å². The van der Waals surface area contributed by atoms with E-state index in [0.29, 0.717) is 12.3 Å². The third-order valence-corrected chi connectivity index (χ3v) is 2.59. The Kier molecular flexibility index (Phi) is 7.96. The van der Waals surface area contributed by atoms with E-state index in [1.54, 1.807) is 0 Å². The molecule has 0 aromatic heterocycles. The van der Waals surface area contributed by atoms with E-state index in [1.165, 1.54) is 24.4 Å². The van der Waals surface area contributed by atoms with Crippen LogP contribution < -0.4 is 0 Å². The molecule has 1 atom stereocenters. The van der Waals surface area contributed by atoms with Gasteiger partial charge in [0.25, 0.3) is 0 Å². The molecule has 1 unspecified atom stereocenters. The average Bonchev–Trinajstić information content (AvgIpc) is 2.05. The first-order valence-corrected chi connectivity index (χ1v) is 5.86. The number of halogens is 1. The van der Waals surface area contributed by atoms with Gasteiger partial charge >= 0.3 is 5.97 Å². The zero-order valence-electron chi connectivity index (χ0n) is 7.81. The monoisotopic (exact) mass is 284 g/mol. The van der Waals surface area contributed by atoms with Crippen LogP contribution in [0.3, 0.4) is 0 Å². The van der Waals surface area contributed by atoms with E-state index in [1.807, 2.05) is 0 Å². The van der Waals surface area contributed by atoms with Gasteiger partial charge in [-0.3, -0.25) is 4.79 Å². The molecule has 0 saturated carbocycles. The summed E-state index contributed by atoms with van der Waals surface area (Å²) in [6.45, 7) is 2.10. The number of methoxy groups -OCH3 is 1. The smallest absolute Gasteiger partial charge is 0.305 e. The lowest BCUT2D eigenvalue weighted by atomic mass is 10.0. The summed E-state index contributed by atoms with van der Waals surface area (Å²) >= 11 is 2.38. The largest absolute Gasteiger partial charge is 0.469 e. The number of unbranched alkanes of at least 4 members (excludes halogenated alkanes) is 1. The van der Waals surface area contributed by atoms with Crippen molar-refractivity contribution in [2.24, 2.45) is 5.92 Å². The second-order valence-electron chi connectivity index (χ2n) is 3.07.